The molecule has 0 amide bonds. The molecule has 31 heavy (non-hydrogen) atoms. The van der Waals surface area contributed by atoms with Gasteiger partial charge in [0.15, 0.2) is 0 Å². The molecule has 0 aliphatic carbocycles. The summed E-state index contributed by atoms with van der Waals surface area (Å²) in [7, 11) is -2.06. The zero-order chi connectivity index (χ0) is 21.7. The van der Waals surface area contributed by atoms with Crippen LogP contribution in [0, 0.1) is 0 Å². The summed E-state index contributed by atoms with van der Waals surface area (Å²) in [5.41, 5.74) is 1.21. The molecule has 0 unspecified atom stereocenters. The fourth-order valence-corrected chi connectivity index (χ4v) is 10.7. The third kappa shape index (κ3) is 4.84. The van der Waals surface area contributed by atoms with Crippen LogP contribution >= 0.6 is 0 Å². The summed E-state index contributed by atoms with van der Waals surface area (Å²) < 4.78 is 12.3. The van der Waals surface area contributed by atoms with Crippen LogP contribution in [0.3, 0.4) is 0 Å². The lowest BCUT2D eigenvalue weighted by molar-refractivity contribution is -0.145. The van der Waals surface area contributed by atoms with E-state index in [9.17, 15) is 0 Å². The number of hydrogen-bond donors (Lipinski definition) is 0. The predicted octanol–water partition coefficient (Wildman–Crippen LogP) is 5.42. The summed E-state index contributed by atoms with van der Waals surface area (Å²) in [6.07, 6.45) is 1.60. The SMILES string of the molecule is CC(C)(C)[Si](C[C@H]1C[C@@H](COCc2ccccc2)O1)(c1ccccc1)c1ccccc1. The van der Waals surface area contributed by atoms with Crippen LogP contribution in [0.4, 0.5) is 0 Å². The minimum absolute atomic E-state index is 0.175. The Morgan fingerprint density at radius 1 is 0.774 bits per heavy atom. The first-order valence-corrected chi connectivity index (χ1v) is 13.6. The van der Waals surface area contributed by atoms with Gasteiger partial charge in [-0.25, -0.2) is 0 Å². The highest BCUT2D eigenvalue weighted by Gasteiger charge is 2.50. The number of ether oxygens (including phenoxy) is 2. The van der Waals surface area contributed by atoms with Crippen molar-refractivity contribution in [1.29, 1.82) is 0 Å². The molecule has 1 aliphatic rings. The van der Waals surface area contributed by atoms with Crippen molar-refractivity contribution in [2.24, 2.45) is 0 Å². The Morgan fingerprint density at radius 2 is 1.26 bits per heavy atom. The van der Waals surface area contributed by atoms with E-state index in [0.717, 1.165) is 12.5 Å². The molecule has 0 radical (unpaired) electrons. The maximum absolute atomic E-state index is 6.38. The molecule has 1 fully saturated rings. The Labute approximate surface area is 188 Å². The van der Waals surface area contributed by atoms with Gasteiger partial charge in [-0.15, -0.1) is 0 Å². The Kier molecular flexibility index (Phi) is 6.76. The van der Waals surface area contributed by atoms with E-state index in [0.29, 0.717) is 19.3 Å². The second-order valence-electron chi connectivity index (χ2n) is 9.71. The van der Waals surface area contributed by atoms with Crippen molar-refractivity contribution in [3.63, 3.8) is 0 Å². The Balaban J connectivity index is 1.47. The fourth-order valence-electron chi connectivity index (χ4n) is 5.04. The van der Waals surface area contributed by atoms with Crippen LogP contribution in [0.2, 0.25) is 11.1 Å². The topological polar surface area (TPSA) is 18.5 Å². The normalized spacial score (nSPS) is 19.1. The predicted molar refractivity (Wildman–Crippen MR) is 132 cm³/mol. The molecule has 1 heterocycles. The molecule has 0 N–H and O–H groups in total. The summed E-state index contributed by atoms with van der Waals surface area (Å²) in [5, 5.41) is 3.18. The van der Waals surface area contributed by atoms with Crippen molar-refractivity contribution in [1.82, 2.24) is 0 Å². The van der Waals surface area contributed by atoms with E-state index in [1.807, 2.05) is 6.07 Å². The van der Waals surface area contributed by atoms with E-state index in [-0.39, 0.29) is 11.1 Å². The number of hydrogen-bond acceptors (Lipinski definition) is 2. The summed E-state index contributed by atoms with van der Waals surface area (Å²) in [6.45, 7) is 8.57. The molecule has 0 aromatic heterocycles. The van der Waals surface area contributed by atoms with Gasteiger partial charge in [0.25, 0.3) is 0 Å². The van der Waals surface area contributed by atoms with E-state index in [1.54, 1.807) is 0 Å². The van der Waals surface area contributed by atoms with Crippen LogP contribution < -0.4 is 10.4 Å². The van der Waals surface area contributed by atoms with Crippen molar-refractivity contribution in [3.8, 4) is 0 Å². The molecule has 0 saturated carbocycles. The molecule has 1 aliphatic heterocycles. The lowest BCUT2D eigenvalue weighted by Gasteiger charge is -2.49. The molecule has 4 rings (SSSR count). The van der Waals surface area contributed by atoms with Crippen molar-refractivity contribution >= 4 is 18.4 Å². The highest BCUT2D eigenvalue weighted by atomic mass is 28.3. The smallest absolute Gasteiger partial charge is 0.125 e. The van der Waals surface area contributed by atoms with Crippen LogP contribution in [0.25, 0.3) is 0 Å². The lowest BCUT2D eigenvalue weighted by Crippen LogP contribution is -2.66. The van der Waals surface area contributed by atoms with E-state index >= 15 is 0 Å². The number of rotatable bonds is 8. The molecule has 162 valence electrons. The van der Waals surface area contributed by atoms with Crippen LogP contribution in [0.15, 0.2) is 91.0 Å². The molecule has 0 bridgehead atoms. The third-order valence-electron chi connectivity index (χ3n) is 6.67. The second-order valence-corrected chi connectivity index (χ2v) is 14.6. The maximum Gasteiger partial charge on any atom is 0.125 e. The summed E-state index contributed by atoms with van der Waals surface area (Å²) in [4.78, 5) is 0. The second kappa shape index (κ2) is 9.52. The average molecular weight is 431 g/mol. The Morgan fingerprint density at radius 3 is 1.74 bits per heavy atom. The minimum Gasteiger partial charge on any atom is -0.374 e. The fraction of sp³-hybridized carbons (Fsp3) is 0.357. The zero-order valence-corrected chi connectivity index (χ0v) is 20.0. The Hall–Kier alpha value is -2.20. The summed E-state index contributed by atoms with van der Waals surface area (Å²) in [6, 6.07) is 33.8. The van der Waals surface area contributed by atoms with Crippen LogP contribution in [-0.2, 0) is 16.1 Å². The largest absolute Gasteiger partial charge is 0.374 e. The van der Waals surface area contributed by atoms with Gasteiger partial charge in [-0.3, -0.25) is 0 Å². The van der Waals surface area contributed by atoms with Crippen molar-refractivity contribution in [3.05, 3.63) is 96.6 Å². The molecule has 1 saturated heterocycles. The highest BCUT2D eigenvalue weighted by Crippen LogP contribution is 2.42. The van der Waals surface area contributed by atoms with Gasteiger partial charge in [0.05, 0.1) is 25.4 Å². The van der Waals surface area contributed by atoms with Gasteiger partial charge in [0.1, 0.15) is 8.07 Å². The summed E-state index contributed by atoms with van der Waals surface area (Å²) in [5.74, 6) is 0. The van der Waals surface area contributed by atoms with Gasteiger partial charge >= 0.3 is 0 Å². The van der Waals surface area contributed by atoms with E-state index < -0.39 is 8.07 Å². The number of benzene rings is 3. The van der Waals surface area contributed by atoms with Gasteiger partial charge in [-0.2, -0.15) is 0 Å². The zero-order valence-electron chi connectivity index (χ0n) is 19.0. The first-order chi connectivity index (χ1) is 15.0. The molecule has 0 spiro atoms. The van der Waals surface area contributed by atoms with Crippen molar-refractivity contribution < 1.29 is 9.47 Å². The molecule has 3 heteroatoms. The van der Waals surface area contributed by atoms with E-state index in [1.165, 1.54) is 15.9 Å². The minimum atomic E-state index is -2.06. The van der Waals surface area contributed by atoms with Gasteiger partial charge < -0.3 is 9.47 Å². The molecule has 2 atom stereocenters. The summed E-state index contributed by atoms with van der Waals surface area (Å²) >= 11 is 0. The lowest BCUT2D eigenvalue weighted by atomic mass is 10.1. The highest BCUT2D eigenvalue weighted by molar-refractivity contribution is 7.04. The van der Waals surface area contributed by atoms with Crippen LogP contribution in [-0.4, -0.2) is 26.9 Å². The van der Waals surface area contributed by atoms with Gasteiger partial charge in [-0.05, 0) is 16.6 Å². The van der Waals surface area contributed by atoms with Crippen molar-refractivity contribution in [2.75, 3.05) is 6.61 Å². The molecule has 2 nitrogen and oxygen atoms in total. The Bertz CT molecular complexity index is 890. The van der Waals surface area contributed by atoms with Crippen molar-refractivity contribution in [2.45, 2.75) is 57.1 Å². The van der Waals surface area contributed by atoms with Crippen LogP contribution in [0.1, 0.15) is 32.8 Å². The van der Waals surface area contributed by atoms with Crippen LogP contribution in [0.5, 0.6) is 0 Å². The first kappa shape index (κ1) is 22.0. The van der Waals surface area contributed by atoms with Gasteiger partial charge in [0, 0.05) is 6.42 Å². The molecule has 3 aromatic carbocycles. The standard InChI is InChI=1S/C28H34O2Si/c1-28(2,3)31(26-15-9-5-10-16-26,27-17-11-6-12-18-27)22-25-19-24(30-25)21-29-20-23-13-7-4-8-14-23/h4-18,24-25H,19-22H2,1-3H3/t24-,25+/m0/s1. The maximum atomic E-state index is 6.38. The van der Waals surface area contributed by atoms with Gasteiger partial charge in [0.2, 0.25) is 0 Å². The molecular weight excluding hydrogens is 396 g/mol. The van der Waals surface area contributed by atoms with Gasteiger partial charge in [-0.1, -0.05) is 122 Å². The first-order valence-electron chi connectivity index (χ1n) is 11.4. The van der Waals surface area contributed by atoms with E-state index in [2.05, 4.69) is 106 Å². The molecular formula is C28H34O2Si. The monoisotopic (exact) mass is 430 g/mol. The molecule has 3 aromatic rings. The third-order valence-corrected chi connectivity index (χ3v) is 12.9. The van der Waals surface area contributed by atoms with E-state index in [4.69, 9.17) is 9.47 Å². The quantitative estimate of drug-likeness (QED) is 0.444. The average Bonchev–Trinajstić information content (AvgIpc) is 2.76.